The first-order chi connectivity index (χ1) is 15.9. The third-order valence-corrected chi connectivity index (χ3v) is 6.15. The number of rotatable bonds is 10. The fourth-order valence-electron chi connectivity index (χ4n) is 4.70. The van der Waals surface area contributed by atoms with E-state index in [-0.39, 0.29) is 18.8 Å². The standard InChI is InChI=1S/C26H34F2N4O/c1-18-15-21-20-7-4-5-8-22(20)31-24(21)25(32(18)17-26(2,3)28)23-10-9-19(16-30-23)33-14-13-29-12-6-11-27/h4-5,7-10,16,18,25,29,31H,6,11-15,17H2,1-3H3/t18-,25-/m1/s1. The van der Waals surface area contributed by atoms with Crippen LogP contribution in [0.4, 0.5) is 8.78 Å². The molecule has 2 N–H and O–H groups in total. The van der Waals surface area contributed by atoms with E-state index in [1.54, 1.807) is 20.0 Å². The summed E-state index contributed by atoms with van der Waals surface area (Å²) in [6.07, 6.45) is 3.11. The number of benzene rings is 1. The summed E-state index contributed by atoms with van der Waals surface area (Å²) in [4.78, 5) is 10.6. The highest BCUT2D eigenvalue weighted by Gasteiger charge is 2.39. The number of halogens is 2. The number of aromatic amines is 1. The van der Waals surface area contributed by atoms with Crippen molar-refractivity contribution in [3.05, 3.63) is 59.5 Å². The number of hydrogen-bond donors (Lipinski definition) is 2. The number of aromatic nitrogens is 2. The van der Waals surface area contributed by atoms with Crippen LogP contribution in [0.15, 0.2) is 42.6 Å². The van der Waals surface area contributed by atoms with Crippen LogP contribution in [0.5, 0.6) is 5.75 Å². The summed E-state index contributed by atoms with van der Waals surface area (Å²) in [7, 11) is 0. The van der Waals surface area contributed by atoms with Gasteiger partial charge in [0.2, 0.25) is 0 Å². The highest BCUT2D eigenvalue weighted by atomic mass is 19.1. The van der Waals surface area contributed by atoms with Crippen molar-refractivity contribution in [3.63, 3.8) is 0 Å². The number of ether oxygens (including phenoxy) is 1. The molecule has 0 saturated heterocycles. The van der Waals surface area contributed by atoms with Crippen molar-refractivity contribution in [2.24, 2.45) is 0 Å². The second kappa shape index (κ2) is 10.2. The van der Waals surface area contributed by atoms with Crippen LogP contribution in [0, 0.1) is 0 Å². The van der Waals surface area contributed by atoms with Crippen LogP contribution in [0.2, 0.25) is 0 Å². The van der Waals surface area contributed by atoms with Gasteiger partial charge in [0.1, 0.15) is 18.0 Å². The third kappa shape index (κ3) is 5.53. The first-order valence-electron chi connectivity index (χ1n) is 11.8. The van der Waals surface area contributed by atoms with Gasteiger partial charge in [-0.05, 0) is 63.9 Å². The Morgan fingerprint density at radius 1 is 1.21 bits per heavy atom. The number of alkyl halides is 2. The largest absolute Gasteiger partial charge is 0.491 e. The average molecular weight is 457 g/mol. The molecule has 0 fully saturated rings. The summed E-state index contributed by atoms with van der Waals surface area (Å²) in [6, 6.07) is 12.2. The van der Waals surface area contributed by atoms with Gasteiger partial charge >= 0.3 is 0 Å². The van der Waals surface area contributed by atoms with Gasteiger partial charge in [-0.15, -0.1) is 0 Å². The maximum absolute atomic E-state index is 14.8. The van der Waals surface area contributed by atoms with E-state index in [0.717, 1.165) is 23.3 Å². The molecule has 1 aliphatic rings. The van der Waals surface area contributed by atoms with E-state index in [9.17, 15) is 8.78 Å². The Hall–Kier alpha value is -2.51. The molecule has 0 aliphatic carbocycles. The van der Waals surface area contributed by atoms with Gasteiger partial charge in [0.25, 0.3) is 0 Å². The highest BCUT2D eigenvalue weighted by molar-refractivity contribution is 5.85. The number of nitrogens with one attached hydrogen (secondary N) is 2. The van der Waals surface area contributed by atoms with Crippen molar-refractivity contribution in [1.29, 1.82) is 0 Å². The molecule has 7 heteroatoms. The molecule has 3 aromatic rings. The lowest BCUT2D eigenvalue weighted by atomic mass is 9.89. The Labute approximate surface area is 194 Å². The van der Waals surface area contributed by atoms with Crippen molar-refractivity contribution in [1.82, 2.24) is 20.2 Å². The molecule has 33 heavy (non-hydrogen) atoms. The first kappa shape index (κ1) is 23.6. The topological polar surface area (TPSA) is 53.2 Å². The van der Waals surface area contributed by atoms with E-state index in [2.05, 4.69) is 40.3 Å². The Kier molecular flexibility index (Phi) is 7.29. The molecule has 4 rings (SSSR count). The van der Waals surface area contributed by atoms with Gasteiger partial charge in [-0.2, -0.15) is 0 Å². The van der Waals surface area contributed by atoms with E-state index in [1.807, 2.05) is 18.2 Å². The molecular weight excluding hydrogens is 422 g/mol. The molecular formula is C26H34F2N4O. The Morgan fingerprint density at radius 2 is 2.03 bits per heavy atom. The normalized spacial score (nSPS) is 19.1. The van der Waals surface area contributed by atoms with Gasteiger partial charge in [0.05, 0.1) is 24.6 Å². The number of H-pyrrole nitrogens is 1. The average Bonchev–Trinajstić information content (AvgIpc) is 3.14. The fraction of sp³-hybridized carbons (Fsp3) is 0.500. The second-order valence-corrected chi connectivity index (χ2v) is 9.47. The van der Waals surface area contributed by atoms with E-state index >= 15 is 0 Å². The molecule has 178 valence electrons. The van der Waals surface area contributed by atoms with Crippen LogP contribution in [0.25, 0.3) is 10.9 Å². The molecule has 2 atom stereocenters. The Bertz CT molecular complexity index is 1040. The van der Waals surface area contributed by atoms with Gasteiger partial charge < -0.3 is 15.0 Å². The minimum atomic E-state index is -1.33. The summed E-state index contributed by atoms with van der Waals surface area (Å²) >= 11 is 0. The molecule has 0 bridgehead atoms. The third-order valence-electron chi connectivity index (χ3n) is 6.15. The molecule has 1 aromatic carbocycles. The molecule has 3 heterocycles. The van der Waals surface area contributed by atoms with E-state index in [4.69, 9.17) is 9.72 Å². The van der Waals surface area contributed by atoms with Crippen molar-refractivity contribution >= 4 is 10.9 Å². The maximum Gasteiger partial charge on any atom is 0.137 e. The number of nitrogens with zero attached hydrogens (tertiary/aromatic N) is 2. The van der Waals surface area contributed by atoms with Crippen LogP contribution in [-0.2, 0) is 6.42 Å². The lowest BCUT2D eigenvalue weighted by Gasteiger charge is -2.42. The van der Waals surface area contributed by atoms with Gasteiger partial charge in [-0.25, -0.2) is 4.39 Å². The van der Waals surface area contributed by atoms with Gasteiger partial charge in [-0.3, -0.25) is 14.3 Å². The summed E-state index contributed by atoms with van der Waals surface area (Å²) in [5, 5.41) is 4.37. The van der Waals surface area contributed by atoms with Gasteiger partial charge in [-0.1, -0.05) is 18.2 Å². The lowest BCUT2D eigenvalue weighted by Crippen LogP contribution is -2.48. The van der Waals surface area contributed by atoms with Crippen molar-refractivity contribution in [3.8, 4) is 5.75 Å². The summed E-state index contributed by atoms with van der Waals surface area (Å²) in [5.74, 6) is 0.684. The van der Waals surface area contributed by atoms with E-state index < -0.39 is 5.67 Å². The molecule has 0 unspecified atom stereocenters. The summed E-state index contributed by atoms with van der Waals surface area (Å²) in [6.45, 7) is 7.21. The lowest BCUT2D eigenvalue weighted by molar-refractivity contribution is 0.0654. The van der Waals surface area contributed by atoms with Gasteiger partial charge in [0, 0.05) is 35.7 Å². The second-order valence-electron chi connectivity index (χ2n) is 9.47. The molecule has 1 aliphatic heterocycles. The zero-order chi connectivity index (χ0) is 23.4. The zero-order valence-electron chi connectivity index (χ0n) is 19.7. The molecule has 5 nitrogen and oxygen atoms in total. The minimum absolute atomic E-state index is 0.164. The van der Waals surface area contributed by atoms with Crippen molar-refractivity contribution in [2.75, 3.05) is 32.9 Å². The van der Waals surface area contributed by atoms with Crippen LogP contribution in [0.3, 0.4) is 0 Å². The smallest absolute Gasteiger partial charge is 0.137 e. The van der Waals surface area contributed by atoms with E-state index in [1.165, 1.54) is 10.9 Å². The molecule has 0 spiro atoms. The molecule has 0 radical (unpaired) electrons. The Morgan fingerprint density at radius 3 is 2.76 bits per heavy atom. The summed E-state index contributed by atoms with van der Waals surface area (Å²) < 4.78 is 32.7. The number of para-hydroxylation sites is 1. The van der Waals surface area contributed by atoms with Crippen molar-refractivity contribution in [2.45, 2.75) is 51.4 Å². The SMILES string of the molecule is C[C@@H]1Cc2c([nH]c3ccccc23)[C@@H](c2ccc(OCCNCCCF)cn2)N1CC(C)(C)F. The molecule has 0 saturated carbocycles. The monoisotopic (exact) mass is 456 g/mol. The number of pyridine rings is 1. The van der Waals surface area contributed by atoms with Crippen molar-refractivity contribution < 1.29 is 13.5 Å². The highest BCUT2D eigenvalue weighted by Crippen LogP contribution is 2.41. The maximum atomic E-state index is 14.8. The molecule has 0 amide bonds. The summed E-state index contributed by atoms with van der Waals surface area (Å²) in [5.41, 5.74) is 3.02. The van der Waals surface area contributed by atoms with Crippen LogP contribution < -0.4 is 10.1 Å². The van der Waals surface area contributed by atoms with Gasteiger partial charge in [0.15, 0.2) is 0 Å². The quantitative estimate of drug-likeness (QED) is 0.423. The number of fused-ring (bicyclic) bond motifs is 3. The Balaban J connectivity index is 1.59. The minimum Gasteiger partial charge on any atom is -0.491 e. The van der Waals surface area contributed by atoms with Crippen LogP contribution in [-0.4, -0.2) is 59.5 Å². The first-order valence-corrected chi connectivity index (χ1v) is 11.8. The predicted molar refractivity (Wildman–Crippen MR) is 128 cm³/mol. The van der Waals surface area contributed by atoms with Crippen LogP contribution in [0.1, 0.15) is 50.2 Å². The molecule has 2 aromatic heterocycles. The van der Waals surface area contributed by atoms with E-state index in [0.29, 0.717) is 38.4 Å². The van der Waals surface area contributed by atoms with Crippen LogP contribution >= 0.6 is 0 Å². The zero-order valence-corrected chi connectivity index (χ0v) is 19.7. The fourth-order valence-corrected chi connectivity index (χ4v) is 4.70. The predicted octanol–water partition coefficient (Wildman–Crippen LogP) is 4.98. The number of hydrogen-bond acceptors (Lipinski definition) is 4.